The molecule has 0 aromatic heterocycles. The number of nitrogens with zero attached hydrogens (tertiary/aromatic N) is 1. The molecule has 72 valence electrons. The van der Waals surface area contributed by atoms with Gasteiger partial charge in [0.2, 0.25) is 0 Å². The Morgan fingerprint density at radius 1 is 1.31 bits per heavy atom. The summed E-state index contributed by atoms with van der Waals surface area (Å²) in [6.45, 7) is 4.51. The molecular weight excluding hydrogens is 158 g/mol. The molecule has 0 saturated heterocycles. The van der Waals surface area contributed by atoms with Crippen LogP contribution in [0.15, 0.2) is 36.0 Å². The maximum Gasteiger partial charge on any atom is 0.0196 e. The first-order valence-electron chi connectivity index (χ1n) is 5.02. The van der Waals surface area contributed by atoms with Crippen LogP contribution in [0.3, 0.4) is 0 Å². The van der Waals surface area contributed by atoms with Gasteiger partial charge in [-0.1, -0.05) is 42.9 Å². The Kier molecular flexibility index (Phi) is 4.55. The van der Waals surface area contributed by atoms with Crippen molar-refractivity contribution >= 4 is 0 Å². The van der Waals surface area contributed by atoms with E-state index in [2.05, 4.69) is 49.3 Å². The molecule has 0 bridgehead atoms. The third-order valence-corrected chi connectivity index (χ3v) is 2.15. The molecule has 0 aromatic carbocycles. The van der Waals surface area contributed by atoms with Crippen LogP contribution < -0.4 is 0 Å². The van der Waals surface area contributed by atoms with Crippen LogP contribution in [-0.4, -0.2) is 25.0 Å². The highest BCUT2D eigenvalue weighted by Gasteiger charge is 2.00. The Bertz CT molecular complexity index is 223. The van der Waals surface area contributed by atoms with Crippen LogP contribution in [0.25, 0.3) is 0 Å². The van der Waals surface area contributed by atoms with Gasteiger partial charge in [0.15, 0.2) is 0 Å². The predicted octanol–water partition coefficient (Wildman–Crippen LogP) is 2.77. The van der Waals surface area contributed by atoms with Crippen molar-refractivity contribution < 1.29 is 0 Å². The standard InChI is InChI=1S/C12H19N/c1-3-10-13(2)11-12-8-6-4-5-7-9-12/h4-8H,3,9-11H2,1-2H3. The van der Waals surface area contributed by atoms with E-state index in [4.69, 9.17) is 0 Å². The van der Waals surface area contributed by atoms with Gasteiger partial charge >= 0.3 is 0 Å². The van der Waals surface area contributed by atoms with Crippen molar-refractivity contribution in [3.05, 3.63) is 36.0 Å². The summed E-state index contributed by atoms with van der Waals surface area (Å²) in [5, 5.41) is 0. The van der Waals surface area contributed by atoms with Crippen molar-refractivity contribution in [1.29, 1.82) is 0 Å². The second-order valence-electron chi connectivity index (χ2n) is 3.58. The van der Waals surface area contributed by atoms with Crippen LogP contribution in [0.5, 0.6) is 0 Å². The largest absolute Gasteiger partial charge is 0.302 e. The molecule has 0 atom stereocenters. The maximum absolute atomic E-state index is 2.37. The zero-order valence-electron chi connectivity index (χ0n) is 8.66. The molecule has 0 saturated carbocycles. The third kappa shape index (κ3) is 4.09. The SMILES string of the molecule is CCCN(C)CC1=CC=CC=CC1. The van der Waals surface area contributed by atoms with Crippen molar-refractivity contribution in [3.63, 3.8) is 0 Å². The van der Waals surface area contributed by atoms with Gasteiger partial charge in [0.05, 0.1) is 0 Å². The molecule has 0 heterocycles. The van der Waals surface area contributed by atoms with Crippen LogP contribution in [-0.2, 0) is 0 Å². The summed E-state index contributed by atoms with van der Waals surface area (Å²) in [5.41, 5.74) is 1.50. The molecule has 0 aliphatic heterocycles. The van der Waals surface area contributed by atoms with E-state index >= 15 is 0 Å². The minimum atomic E-state index is 1.10. The van der Waals surface area contributed by atoms with Crippen LogP contribution in [0.4, 0.5) is 0 Å². The van der Waals surface area contributed by atoms with Gasteiger partial charge in [-0.2, -0.15) is 0 Å². The van der Waals surface area contributed by atoms with Gasteiger partial charge in [-0.15, -0.1) is 0 Å². The highest BCUT2D eigenvalue weighted by Crippen LogP contribution is 2.08. The molecule has 0 unspecified atom stereocenters. The van der Waals surface area contributed by atoms with E-state index < -0.39 is 0 Å². The molecular formula is C12H19N. The summed E-state index contributed by atoms with van der Waals surface area (Å²) in [6.07, 6.45) is 13.1. The lowest BCUT2D eigenvalue weighted by molar-refractivity contribution is 0.361. The molecule has 1 nitrogen and oxygen atoms in total. The van der Waals surface area contributed by atoms with E-state index in [9.17, 15) is 0 Å². The molecule has 0 spiro atoms. The second kappa shape index (κ2) is 5.76. The molecule has 1 rings (SSSR count). The zero-order chi connectivity index (χ0) is 9.52. The first-order chi connectivity index (χ1) is 6.33. The van der Waals surface area contributed by atoms with Gasteiger partial charge in [0.1, 0.15) is 0 Å². The topological polar surface area (TPSA) is 3.24 Å². The minimum absolute atomic E-state index is 1.10. The normalized spacial score (nSPS) is 16.1. The second-order valence-corrected chi connectivity index (χ2v) is 3.58. The summed E-state index contributed by atoms with van der Waals surface area (Å²) >= 11 is 0. The van der Waals surface area contributed by atoms with Gasteiger partial charge in [0.25, 0.3) is 0 Å². The smallest absolute Gasteiger partial charge is 0.0196 e. The average molecular weight is 177 g/mol. The van der Waals surface area contributed by atoms with Gasteiger partial charge in [-0.25, -0.2) is 0 Å². The first-order valence-corrected chi connectivity index (χ1v) is 5.02. The van der Waals surface area contributed by atoms with Crippen LogP contribution >= 0.6 is 0 Å². The molecule has 1 aliphatic rings. The Hall–Kier alpha value is -0.820. The van der Waals surface area contributed by atoms with E-state index in [1.807, 2.05) is 0 Å². The molecule has 13 heavy (non-hydrogen) atoms. The molecule has 0 N–H and O–H groups in total. The number of allylic oxidation sites excluding steroid dienone is 5. The summed E-state index contributed by atoms with van der Waals surface area (Å²) in [5.74, 6) is 0. The van der Waals surface area contributed by atoms with E-state index in [1.54, 1.807) is 0 Å². The average Bonchev–Trinajstić information content (AvgIpc) is 2.33. The third-order valence-electron chi connectivity index (χ3n) is 2.15. The van der Waals surface area contributed by atoms with Crippen molar-refractivity contribution in [2.24, 2.45) is 0 Å². The summed E-state index contributed by atoms with van der Waals surface area (Å²) in [6, 6.07) is 0. The fourth-order valence-corrected chi connectivity index (χ4v) is 1.55. The first kappa shape index (κ1) is 10.3. The zero-order valence-corrected chi connectivity index (χ0v) is 8.66. The molecule has 0 fully saturated rings. The summed E-state index contributed by atoms with van der Waals surface area (Å²) in [4.78, 5) is 2.37. The molecule has 1 aliphatic carbocycles. The summed E-state index contributed by atoms with van der Waals surface area (Å²) in [7, 11) is 2.18. The van der Waals surface area contributed by atoms with Gasteiger partial charge in [0, 0.05) is 6.54 Å². The van der Waals surface area contributed by atoms with Gasteiger partial charge in [-0.05, 0) is 26.4 Å². The number of hydrogen-bond donors (Lipinski definition) is 0. The van der Waals surface area contributed by atoms with E-state index in [0.29, 0.717) is 0 Å². The number of hydrogen-bond acceptors (Lipinski definition) is 1. The Morgan fingerprint density at radius 3 is 2.92 bits per heavy atom. The molecule has 0 amide bonds. The van der Waals surface area contributed by atoms with Crippen molar-refractivity contribution in [2.45, 2.75) is 19.8 Å². The van der Waals surface area contributed by atoms with Gasteiger partial charge < -0.3 is 4.90 Å². The summed E-state index contributed by atoms with van der Waals surface area (Å²) < 4.78 is 0. The molecule has 0 aromatic rings. The van der Waals surface area contributed by atoms with E-state index in [-0.39, 0.29) is 0 Å². The van der Waals surface area contributed by atoms with Crippen LogP contribution in [0, 0.1) is 0 Å². The number of likely N-dealkylation sites (N-methyl/N-ethyl adjacent to an activating group) is 1. The lowest BCUT2D eigenvalue weighted by Crippen LogP contribution is -2.21. The quantitative estimate of drug-likeness (QED) is 0.638. The highest BCUT2D eigenvalue weighted by atomic mass is 15.1. The minimum Gasteiger partial charge on any atom is -0.302 e. The van der Waals surface area contributed by atoms with E-state index in [1.165, 1.54) is 18.5 Å². The Labute approximate surface area is 81.4 Å². The van der Waals surface area contributed by atoms with Crippen LogP contribution in [0.2, 0.25) is 0 Å². The van der Waals surface area contributed by atoms with Crippen molar-refractivity contribution in [1.82, 2.24) is 4.90 Å². The molecule has 0 radical (unpaired) electrons. The van der Waals surface area contributed by atoms with Crippen molar-refractivity contribution in [2.75, 3.05) is 20.1 Å². The lowest BCUT2D eigenvalue weighted by Gasteiger charge is -2.16. The van der Waals surface area contributed by atoms with E-state index in [0.717, 1.165) is 13.0 Å². The maximum atomic E-state index is 2.37. The monoisotopic (exact) mass is 177 g/mol. The Balaban J connectivity index is 2.39. The van der Waals surface area contributed by atoms with Gasteiger partial charge in [-0.3, -0.25) is 0 Å². The predicted molar refractivity (Wildman–Crippen MR) is 58.8 cm³/mol. The molecule has 1 heteroatoms. The fraction of sp³-hybridized carbons (Fsp3) is 0.500. The lowest BCUT2D eigenvalue weighted by atomic mass is 10.1. The van der Waals surface area contributed by atoms with Crippen molar-refractivity contribution in [3.8, 4) is 0 Å². The highest BCUT2D eigenvalue weighted by molar-refractivity contribution is 5.24. The fourth-order valence-electron chi connectivity index (χ4n) is 1.55. The Morgan fingerprint density at radius 2 is 2.15 bits per heavy atom. The van der Waals surface area contributed by atoms with Crippen LogP contribution in [0.1, 0.15) is 19.8 Å². The number of rotatable bonds is 4.